The van der Waals surface area contributed by atoms with Gasteiger partial charge in [0.05, 0.1) is 25.2 Å². The van der Waals surface area contributed by atoms with Crippen molar-refractivity contribution < 1.29 is 37.0 Å². The number of esters is 1. The molecule has 9 heteroatoms. The van der Waals surface area contributed by atoms with E-state index in [0.717, 1.165) is 6.07 Å². The minimum atomic E-state index is -4.92. The van der Waals surface area contributed by atoms with Crippen LogP contribution >= 0.6 is 0 Å². The number of hydrogen-bond acceptors (Lipinski definition) is 5. The standard InChI is InChI=1S/C24H24F3NO5/c1-3-32-23(30)21(15-7-6-8-18(14-15)31-2)16-11-12-17(13-16)28-22(29)19-9-4-5-10-20(19)33-24(25,26)27/h4-12,14,16-17,21H,3,13H2,1-2H3,(H,28,29)/t16-,17+,21-/m1/s1. The molecule has 1 N–H and O–H groups in total. The van der Waals surface area contributed by atoms with Crippen molar-refractivity contribution in [2.24, 2.45) is 5.92 Å². The molecule has 0 saturated carbocycles. The van der Waals surface area contributed by atoms with Gasteiger partial charge < -0.3 is 19.5 Å². The van der Waals surface area contributed by atoms with Crippen LogP contribution in [0.2, 0.25) is 0 Å². The molecule has 0 bridgehead atoms. The summed E-state index contributed by atoms with van der Waals surface area (Å²) in [5, 5.41) is 2.70. The highest BCUT2D eigenvalue weighted by Gasteiger charge is 2.36. The Kier molecular flexibility index (Phi) is 7.63. The first-order valence-corrected chi connectivity index (χ1v) is 10.4. The van der Waals surface area contributed by atoms with Crippen molar-refractivity contribution in [3.8, 4) is 11.5 Å². The molecule has 0 unspecified atom stereocenters. The number of benzene rings is 2. The van der Waals surface area contributed by atoms with Crippen molar-refractivity contribution in [1.29, 1.82) is 0 Å². The monoisotopic (exact) mass is 463 g/mol. The SMILES string of the molecule is CCOC(=O)[C@H](c1cccc(OC)c1)[C@@H]1C=C[C@H](NC(=O)c2ccccc2OC(F)(F)F)C1. The molecule has 0 aromatic heterocycles. The van der Waals surface area contributed by atoms with E-state index in [1.807, 2.05) is 6.08 Å². The summed E-state index contributed by atoms with van der Waals surface area (Å²) in [4.78, 5) is 25.4. The van der Waals surface area contributed by atoms with Crippen LogP contribution in [0.15, 0.2) is 60.7 Å². The van der Waals surface area contributed by atoms with Crippen LogP contribution in [0.25, 0.3) is 0 Å². The summed E-state index contributed by atoms with van der Waals surface area (Å²) in [5.74, 6) is -2.02. The number of amides is 1. The Labute approximate surface area is 189 Å². The zero-order chi connectivity index (χ0) is 24.0. The number of carbonyl (C=O) groups excluding carboxylic acids is 2. The van der Waals surface area contributed by atoms with Gasteiger partial charge >= 0.3 is 12.3 Å². The molecule has 2 aromatic carbocycles. The number of carbonyl (C=O) groups is 2. The van der Waals surface area contributed by atoms with E-state index in [9.17, 15) is 22.8 Å². The Morgan fingerprint density at radius 3 is 2.58 bits per heavy atom. The van der Waals surface area contributed by atoms with Crippen LogP contribution in [-0.4, -0.2) is 38.0 Å². The second kappa shape index (κ2) is 10.4. The maximum absolute atomic E-state index is 12.8. The maximum atomic E-state index is 12.8. The Balaban J connectivity index is 1.75. The minimum Gasteiger partial charge on any atom is -0.497 e. The van der Waals surface area contributed by atoms with Crippen LogP contribution in [0.5, 0.6) is 11.5 Å². The predicted octanol–water partition coefficient (Wildman–Crippen LogP) is 4.62. The van der Waals surface area contributed by atoms with E-state index in [-0.39, 0.29) is 18.1 Å². The molecule has 0 heterocycles. The summed E-state index contributed by atoms with van der Waals surface area (Å²) in [6.45, 7) is 1.93. The summed E-state index contributed by atoms with van der Waals surface area (Å²) in [5.41, 5.74) is 0.472. The van der Waals surface area contributed by atoms with E-state index in [1.54, 1.807) is 37.3 Å². The number of hydrogen-bond donors (Lipinski definition) is 1. The van der Waals surface area contributed by atoms with E-state index < -0.39 is 35.9 Å². The number of methoxy groups -OCH3 is 1. The fraction of sp³-hybridized carbons (Fsp3) is 0.333. The number of nitrogens with one attached hydrogen (secondary N) is 1. The quantitative estimate of drug-likeness (QED) is 0.457. The highest BCUT2D eigenvalue weighted by atomic mass is 19.4. The van der Waals surface area contributed by atoms with Gasteiger partial charge in [0.1, 0.15) is 11.5 Å². The average Bonchev–Trinajstić information content (AvgIpc) is 3.21. The van der Waals surface area contributed by atoms with Crippen molar-refractivity contribution in [3.05, 3.63) is 71.8 Å². The second-order valence-electron chi connectivity index (χ2n) is 7.41. The van der Waals surface area contributed by atoms with Gasteiger partial charge in [-0.15, -0.1) is 13.2 Å². The van der Waals surface area contributed by atoms with Gasteiger partial charge in [0, 0.05) is 6.04 Å². The number of halogens is 3. The summed E-state index contributed by atoms with van der Waals surface area (Å²) >= 11 is 0. The van der Waals surface area contributed by atoms with Gasteiger partial charge in [0.25, 0.3) is 5.91 Å². The van der Waals surface area contributed by atoms with Gasteiger partial charge in [0.15, 0.2) is 0 Å². The first-order valence-electron chi connectivity index (χ1n) is 10.4. The first kappa shape index (κ1) is 24.2. The lowest BCUT2D eigenvalue weighted by atomic mass is 9.85. The highest BCUT2D eigenvalue weighted by Crippen LogP contribution is 2.36. The summed E-state index contributed by atoms with van der Waals surface area (Å²) in [6.07, 6.45) is -1.01. The molecule has 33 heavy (non-hydrogen) atoms. The van der Waals surface area contributed by atoms with Gasteiger partial charge in [-0.3, -0.25) is 9.59 Å². The first-order chi connectivity index (χ1) is 15.7. The fourth-order valence-electron chi connectivity index (χ4n) is 3.82. The third-order valence-electron chi connectivity index (χ3n) is 5.21. The highest BCUT2D eigenvalue weighted by molar-refractivity contribution is 5.97. The van der Waals surface area contributed by atoms with Crippen molar-refractivity contribution >= 4 is 11.9 Å². The van der Waals surface area contributed by atoms with Gasteiger partial charge in [-0.2, -0.15) is 0 Å². The average molecular weight is 463 g/mol. The number of rotatable bonds is 8. The normalized spacial score (nSPS) is 18.5. The molecular weight excluding hydrogens is 439 g/mol. The molecule has 3 atom stereocenters. The van der Waals surface area contributed by atoms with Crippen molar-refractivity contribution in [2.45, 2.75) is 31.7 Å². The van der Waals surface area contributed by atoms with Gasteiger partial charge in [-0.05, 0) is 49.1 Å². The molecule has 2 aromatic rings. The Bertz CT molecular complexity index is 1020. The van der Waals surface area contributed by atoms with Gasteiger partial charge in [0.2, 0.25) is 0 Å². The van der Waals surface area contributed by atoms with E-state index in [1.165, 1.54) is 25.3 Å². The van der Waals surface area contributed by atoms with E-state index in [4.69, 9.17) is 9.47 Å². The molecule has 0 aliphatic heterocycles. The maximum Gasteiger partial charge on any atom is 0.573 e. The number of para-hydroxylation sites is 1. The molecule has 0 saturated heterocycles. The topological polar surface area (TPSA) is 73.9 Å². The number of allylic oxidation sites excluding steroid dienone is 1. The zero-order valence-corrected chi connectivity index (χ0v) is 18.1. The summed E-state index contributed by atoms with van der Waals surface area (Å²) < 4.78 is 52.5. The second-order valence-corrected chi connectivity index (χ2v) is 7.41. The third-order valence-corrected chi connectivity index (χ3v) is 5.21. The van der Waals surface area contributed by atoms with E-state index in [0.29, 0.717) is 17.7 Å². The molecule has 0 fully saturated rings. The number of alkyl halides is 3. The molecule has 3 rings (SSSR count). The fourth-order valence-corrected chi connectivity index (χ4v) is 3.82. The lowest BCUT2D eigenvalue weighted by Crippen LogP contribution is -2.34. The van der Waals surface area contributed by atoms with Crippen molar-refractivity contribution in [3.63, 3.8) is 0 Å². The molecule has 0 spiro atoms. The zero-order valence-electron chi connectivity index (χ0n) is 18.1. The van der Waals surface area contributed by atoms with Gasteiger partial charge in [-0.1, -0.05) is 36.4 Å². The minimum absolute atomic E-state index is 0.214. The Morgan fingerprint density at radius 2 is 1.88 bits per heavy atom. The van der Waals surface area contributed by atoms with E-state index >= 15 is 0 Å². The van der Waals surface area contributed by atoms with E-state index in [2.05, 4.69) is 10.1 Å². The number of ether oxygens (including phenoxy) is 3. The smallest absolute Gasteiger partial charge is 0.497 e. The van der Waals surface area contributed by atoms with Crippen LogP contribution < -0.4 is 14.8 Å². The molecular formula is C24H24F3NO5. The molecule has 1 aliphatic rings. The van der Waals surface area contributed by atoms with Crippen molar-refractivity contribution in [2.75, 3.05) is 13.7 Å². The molecule has 6 nitrogen and oxygen atoms in total. The third kappa shape index (κ3) is 6.27. The van der Waals surface area contributed by atoms with Crippen LogP contribution in [-0.2, 0) is 9.53 Å². The van der Waals surface area contributed by atoms with Crippen LogP contribution in [0.3, 0.4) is 0 Å². The molecule has 0 radical (unpaired) electrons. The Morgan fingerprint density at radius 1 is 1.12 bits per heavy atom. The lowest BCUT2D eigenvalue weighted by molar-refractivity contribution is -0.274. The van der Waals surface area contributed by atoms with Crippen LogP contribution in [0.4, 0.5) is 13.2 Å². The predicted molar refractivity (Wildman–Crippen MR) is 114 cm³/mol. The summed E-state index contributed by atoms with van der Waals surface area (Å²) in [6, 6.07) is 11.7. The molecule has 1 aliphatic carbocycles. The van der Waals surface area contributed by atoms with Crippen LogP contribution in [0.1, 0.15) is 35.2 Å². The Hall–Kier alpha value is -3.49. The van der Waals surface area contributed by atoms with Crippen molar-refractivity contribution in [1.82, 2.24) is 5.32 Å². The molecule has 1 amide bonds. The van der Waals surface area contributed by atoms with Gasteiger partial charge in [-0.25, -0.2) is 0 Å². The summed E-state index contributed by atoms with van der Waals surface area (Å²) in [7, 11) is 1.53. The largest absolute Gasteiger partial charge is 0.573 e. The molecule has 176 valence electrons. The lowest BCUT2D eigenvalue weighted by Gasteiger charge is -2.23. The van der Waals surface area contributed by atoms with Crippen LogP contribution in [0, 0.1) is 5.92 Å².